The van der Waals surface area contributed by atoms with Crippen LogP contribution in [0.2, 0.25) is 5.15 Å². The van der Waals surface area contributed by atoms with Gasteiger partial charge in [0.05, 0.1) is 0 Å². The monoisotopic (exact) mass is 529 g/mol. The number of tetrazole rings is 1. The first-order valence-corrected chi connectivity index (χ1v) is 12.5. The molecule has 5 rings (SSSR count). The van der Waals surface area contributed by atoms with Crippen LogP contribution >= 0.6 is 11.6 Å². The van der Waals surface area contributed by atoms with Gasteiger partial charge in [-0.1, -0.05) is 55.3 Å². The van der Waals surface area contributed by atoms with Gasteiger partial charge in [-0.15, -0.1) is 10.2 Å². The molecule has 0 spiro atoms. The highest BCUT2D eigenvalue weighted by molar-refractivity contribution is 6.32. The fourth-order valence-corrected chi connectivity index (χ4v) is 4.44. The van der Waals surface area contributed by atoms with Gasteiger partial charge in [0.1, 0.15) is 11.6 Å². The normalized spacial score (nSPS) is 11.0. The van der Waals surface area contributed by atoms with Crippen LogP contribution in [0, 0.1) is 0 Å². The maximum atomic E-state index is 11.9. The number of aromatic nitrogens is 7. The highest BCUT2D eigenvalue weighted by Gasteiger charge is 2.21. The third kappa shape index (κ3) is 5.40. The zero-order valence-electron chi connectivity index (χ0n) is 20.5. The minimum Gasteiger partial charge on any atom is -0.476 e. The van der Waals surface area contributed by atoms with Crippen LogP contribution in [0.15, 0.2) is 66.9 Å². The van der Waals surface area contributed by atoms with Crippen molar-refractivity contribution < 1.29 is 14.6 Å². The number of aryl methyl sites for hydroxylation is 1. The number of ether oxygens (including phenoxy) is 1. The standard InChI is InChI=1S/C27H24ClN7O3/c1-2-3-6-22-30-25(28)24(27(36)37)35(22)16-17-8-10-18(11-9-17)21-15-19(38-23-7-4-5-14-29-23)12-13-20(21)26-31-33-34-32-26/h4-5,7-15H,2-3,6,16H2,1H3,(H,36,37)(H,31,32,33,34). The molecule has 0 amide bonds. The van der Waals surface area contributed by atoms with E-state index in [9.17, 15) is 9.90 Å². The van der Waals surface area contributed by atoms with Gasteiger partial charge in [-0.3, -0.25) is 0 Å². The molecule has 5 aromatic rings. The van der Waals surface area contributed by atoms with Gasteiger partial charge in [-0.05, 0) is 52.6 Å². The number of hydrogen-bond acceptors (Lipinski definition) is 7. The number of halogens is 1. The number of aromatic amines is 1. The number of H-pyrrole nitrogens is 1. The van der Waals surface area contributed by atoms with Crippen LogP contribution in [0.1, 0.15) is 41.6 Å². The molecular formula is C27H24ClN7O3. The number of nitrogens with one attached hydrogen (secondary N) is 1. The molecule has 3 aromatic heterocycles. The van der Waals surface area contributed by atoms with Crippen molar-refractivity contribution in [3.63, 3.8) is 0 Å². The van der Waals surface area contributed by atoms with Gasteiger partial charge in [-0.2, -0.15) is 5.21 Å². The summed E-state index contributed by atoms with van der Waals surface area (Å²) < 4.78 is 7.63. The minimum atomic E-state index is -1.10. The van der Waals surface area contributed by atoms with Gasteiger partial charge < -0.3 is 14.4 Å². The summed E-state index contributed by atoms with van der Waals surface area (Å²) in [6, 6.07) is 18.9. The molecule has 0 radical (unpaired) electrons. The van der Waals surface area contributed by atoms with Crippen molar-refractivity contribution in [2.75, 3.05) is 0 Å². The first-order chi connectivity index (χ1) is 18.5. The Bertz CT molecular complexity index is 1540. The number of imidazole rings is 1. The number of pyridine rings is 1. The third-order valence-electron chi connectivity index (χ3n) is 6.00. The molecule has 0 atom stereocenters. The number of carbonyl (C=O) groups is 1. The van der Waals surface area contributed by atoms with Crippen molar-refractivity contribution in [2.24, 2.45) is 0 Å². The lowest BCUT2D eigenvalue weighted by atomic mass is 9.97. The molecule has 0 aliphatic heterocycles. The first-order valence-electron chi connectivity index (χ1n) is 12.1. The van der Waals surface area contributed by atoms with E-state index in [0.29, 0.717) is 36.2 Å². The fraction of sp³-hybridized carbons (Fsp3) is 0.185. The Morgan fingerprint density at radius 1 is 1.11 bits per heavy atom. The lowest BCUT2D eigenvalue weighted by Gasteiger charge is -2.13. The molecule has 38 heavy (non-hydrogen) atoms. The number of benzene rings is 2. The molecule has 2 N–H and O–H groups in total. The van der Waals surface area contributed by atoms with E-state index in [-0.39, 0.29) is 10.8 Å². The first kappa shape index (κ1) is 25.1. The number of carboxylic acid groups (broad SMARTS) is 1. The van der Waals surface area contributed by atoms with Crippen LogP contribution in [-0.4, -0.2) is 46.2 Å². The van der Waals surface area contributed by atoms with Crippen LogP contribution in [0.4, 0.5) is 0 Å². The Balaban J connectivity index is 1.48. The lowest BCUT2D eigenvalue weighted by Crippen LogP contribution is -2.13. The van der Waals surface area contributed by atoms with Crippen molar-refractivity contribution in [3.8, 4) is 34.1 Å². The van der Waals surface area contributed by atoms with Gasteiger partial charge in [0.25, 0.3) is 0 Å². The number of carboxylic acids is 1. The predicted molar refractivity (Wildman–Crippen MR) is 141 cm³/mol. The molecule has 0 saturated carbocycles. The third-order valence-corrected chi connectivity index (χ3v) is 6.27. The average Bonchev–Trinajstić information content (AvgIpc) is 3.56. The summed E-state index contributed by atoms with van der Waals surface area (Å²) in [5, 5.41) is 24.2. The zero-order chi connectivity index (χ0) is 26.5. The molecule has 0 saturated heterocycles. The van der Waals surface area contributed by atoms with E-state index >= 15 is 0 Å². The second-order valence-electron chi connectivity index (χ2n) is 8.57. The topological polar surface area (TPSA) is 132 Å². The second-order valence-corrected chi connectivity index (χ2v) is 8.93. The van der Waals surface area contributed by atoms with Crippen LogP contribution < -0.4 is 4.74 Å². The Labute approximate surface area is 223 Å². The maximum absolute atomic E-state index is 11.9. The quantitative estimate of drug-likeness (QED) is 0.237. The van der Waals surface area contributed by atoms with E-state index in [1.54, 1.807) is 16.8 Å². The van der Waals surface area contributed by atoms with Crippen LogP contribution in [0.5, 0.6) is 11.6 Å². The summed E-state index contributed by atoms with van der Waals surface area (Å²) in [4.78, 5) is 20.4. The van der Waals surface area contributed by atoms with Crippen molar-refractivity contribution in [2.45, 2.75) is 32.7 Å². The molecular weight excluding hydrogens is 506 g/mol. The Morgan fingerprint density at radius 3 is 2.63 bits per heavy atom. The summed E-state index contributed by atoms with van der Waals surface area (Å²) in [6.07, 6.45) is 4.17. The fourth-order valence-electron chi connectivity index (χ4n) is 4.16. The molecule has 3 heterocycles. The van der Waals surface area contributed by atoms with Gasteiger partial charge >= 0.3 is 5.97 Å². The number of unbranched alkanes of at least 4 members (excludes halogenated alkanes) is 1. The molecule has 0 fully saturated rings. The molecule has 0 aliphatic carbocycles. The van der Waals surface area contributed by atoms with Crippen LogP contribution in [0.25, 0.3) is 22.5 Å². The second kappa shape index (κ2) is 11.2. The van der Waals surface area contributed by atoms with E-state index in [0.717, 1.165) is 35.1 Å². The molecule has 192 valence electrons. The van der Waals surface area contributed by atoms with E-state index in [4.69, 9.17) is 16.3 Å². The molecule has 2 aromatic carbocycles. The molecule has 0 bridgehead atoms. The van der Waals surface area contributed by atoms with E-state index < -0.39 is 5.97 Å². The largest absolute Gasteiger partial charge is 0.476 e. The summed E-state index contributed by atoms with van der Waals surface area (Å²) in [5.74, 6) is 1.10. The van der Waals surface area contributed by atoms with E-state index in [1.807, 2.05) is 54.6 Å². The Kier molecular flexibility index (Phi) is 7.41. The van der Waals surface area contributed by atoms with Crippen LogP contribution in [0.3, 0.4) is 0 Å². The summed E-state index contributed by atoms with van der Waals surface area (Å²) >= 11 is 6.19. The van der Waals surface area contributed by atoms with Gasteiger partial charge in [0.2, 0.25) is 11.7 Å². The zero-order valence-corrected chi connectivity index (χ0v) is 21.3. The highest BCUT2D eigenvalue weighted by Crippen LogP contribution is 2.35. The Hall–Kier alpha value is -4.57. The highest BCUT2D eigenvalue weighted by atomic mass is 35.5. The Morgan fingerprint density at radius 2 is 1.95 bits per heavy atom. The van der Waals surface area contributed by atoms with Crippen molar-refractivity contribution in [1.82, 2.24) is 35.2 Å². The molecule has 0 unspecified atom stereocenters. The molecule has 0 aliphatic rings. The number of hydrogen-bond donors (Lipinski definition) is 2. The predicted octanol–water partition coefficient (Wildman–Crippen LogP) is 5.66. The smallest absolute Gasteiger partial charge is 0.355 e. The summed E-state index contributed by atoms with van der Waals surface area (Å²) in [7, 11) is 0. The van der Waals surface area contributed by atoms with Crippen molar-refractivity contribution >= 4 is 17.6 Å². The number of nitrogens with zero attached hydrogens (tertiary/aromatic N) is 6. The van der Waals surface area contributed by atoms with Crippen LogP contribution in [-0.2, 0) is 13.0 Å². The van der Waals surface area contributed by atoms with E-state index in [1.165, 1.54) is 0 Å². The van der Waals surface area contributed by atoms with Crippen molar-refractivity contribution in [1.29, 1.82) is 0 Å². The number of rotatable bonds is 10. The van der Waals surface area contributed by atoms with Gasteiger partial charge in [0.15, 0.2) is 10.8 Å². The maximum Gasteiger partial charge on any atom is 0.355 e. The van der Waals surface area contributed by atoms with Gasteiger partial charge in [0, 0.05) is 30.8 Å². The van der Waals surface area contributed by atoms with Gasteiger partial charge in [-0.25, -0.2) is 14.8 Å². The lowest BCUT2D eigenvalue weighted by molar-refractivity contribution is 0.0685. The van der Waals surface area contributed by atoms with Crippen molar-refractivity contribution in [3.05, 3.63) is 89.1 Å². The minimum absolute atomic E-state index is 0.000565. The van der Waals surface area contributed by atoms with E-state index in [2.05, 4.69) is 37.5 Å². The SMILES string of the molecule is CCCCc1nc(Cl)c(C(=O)O)n1Cc1ccc(-c2cc(Oc3ccccn3)ccc2-c2nn[nH]n2)cc1. The average molecular weight is 530 g/mol. The summed E-state index contributed by atoms with van der Waals surface area (Å²) in [6.45, 7) is 2.41. The number of aromatic carboxylic acids is 1. The molecule has 10 nitrogen and oxygen atoms in total. The summed E-state index contributed by atoms with van der Waals surface area (Å²) in [5.41, 5.74) is 3.42. The molecule has 11 heteroatoms.